The Morgan fingerprint density at radius 2 is 1.43 bits per heavy atom. The van der Waals surface area contributed by atoms with Crippen molar-refractivity contribution in [2.45, 2.75) is 63.8 Å². The van der Waals surface area contributed by atoms with E-state index in [0.717, 1.165) is 64.7 Å². The number of carbonyl (C=O) groups excluding carboxylic acids is 2. The fourth-order valence-electron chi connectivity index (χ4n) is 4.22. The van der Waals surface area contributed by atoms with Crippen LogP contribution >= 0.6 is 0 Å². The van der Waals surface area contributed by atoms with Gasteiger partial charge in [-0.1, -0.05) is 19.3 Å². The molecule has 130 valence electrons. The molecular formula is C18H31N3O2. The minimum atomic E-state index is 0.239. The molecule has 2 saturated heterocycles. The average molecular weight is 321 g/mol. The van der Waals surface area contributed by atoms with E-state index in [1.54, 1.807) is 0 Å². The molecule has 0 aromatic heterocycles. The van der Waals surface area contributed by atoms with Crippen LogP contribution in [0.15, 0.2) is 0 Å². The summed E-state index contributed by atoms with van der Waals surface area (Å²) in [5.74, 6) is 0.907. The molecule has 5 heteroatoms. The standard InChI is InChI=1S/C18H31N3O2/c22-17(20-10-4-5-11-20)14-19-16-8-12-21(13-9-16)18(23)15-6-2-1-3-7-15/h15-16,19H,1-14H2. The van der Waals surface area contributed by atoms with Crippen molar-refractivity contribution in [1.82, 2.24) is 15.1 Å². The van der Waals surface area contributed by atoms with Crippen LogP contribution in [0.25, 0.3) is 0 Å². The van der Waals surface area contributed by atoms with E-state index in [-0.39, 0.29) is 11.8 Å². The quantitative estimate of drug-likeness (QED) is 0.858. The van der Waals surface area contributed by atoms with Crippen LogP contribution in [0.2, 0.25) is 0 Å². The van der Waals surface area contributed by atoms with Crippen molar-refractivity contribution < 1.29 is 9.59 Å². The third-order valence-electron chi connectivity index (χ3n) is 5.76. The second kappa shape index (κ2) is 8.13. The first kappa shape index (κ1) is 16.7. The SMILES string of the molecule is O=C(CNC1CCN(C(=O)C2CCCCC2)CC1)N1CCCC1. The van der Waals surface area contributed by atoms with E-state index in [1.807, 2.05) is 4.90 Å². The first-order valence-corrected chi connectivity index (χ1v) is 9.54. The third-order valence-corrected chi connectivity index (χ3v) is 5.76. The molecule has 1 saturated carbocycles. The Bertz CT molecular complexity index is 406. The van der Waals surface area contributed by atoms with E-state index in [1.165, 1.54) is 19.3 Å². The van der Waals surface area contributed by atoms with Crippen LogP contribution in [0.4, 0.5) is 0 Å². The minimum absolute atomic E-state index is 0.239. The third kappa shape index (κ3) is 4.46. The van der Waals surface area contributed by atoms with Gasteiger partial charge in [0.25, 0.3) is 0 Å². The summed E-state index contributed by atoms with van der Waals surface area (Å²) in [5.41, 5.74) is 0. The van der Waals surface area contributed by atoms with E-state index in [0.29, 0.717) is 18.5 Å². The van der Waals surface area contributed by atoms with Gasteiger partial charge in [-0.05, 0) is 38.5 Å². The number of amides is 2. The van der Waals surface area contributed by atoms with Crippen LogP contribution in [0.1, 0.15) is 57.8 Å². The zero-order valence-corrected chi connectivity index (χ0v) is 14.3. The zero-order valence-electron chi connectivity index (χ0n) is 14.3. The smallest absolute Gasteiger partial charge is 0.236 e. The Morgan fingerprint density at radius 3 is 2.09 bits per heavy atom. The molecule has 2 amide bonds. The molecule has 0 unspecified atom stereocenters. The molecule has 3 rings (SSSR count). The highest BCUT2D eigenvalue weighted by Crippen LogP contribution is 2.26. The van der Waals surface area contributed by atoms with Crippen LogP contribution in [-0.2, 0) is 9.59 Å². The van der Waals surface area contributed by atoms with Crippen molar-refractivity contribution in [2.75, 3.05) is 32.7 Å². The van der Waals surface area contributed by atoms with Crippen molar-refractivity contribution in [3.05, 3.63) is 0 Å². The minimum Gasteiger partial charge on any atom is -0.342 e. The van der Waals surface area contributed by atoms with Crippen molar-refractivity contribution in [3.63, 3.8) is 0 Å². The van der Waals surface area contributed by atoms with Gasteiger partial charge < -0.3 is 15.1 Å². The fourth-order valence-corrected chi connectivity index (χ4v) is 4.22. The largest absolute Gasteiger partial charge is 0.342 e. The first-order valence-electron chi connectivity index (χ1n) is 9.54. The number of likely N-dealkylation sites (tertiary alicyclic amines) is 2. The lowest BCUT2D eigenvalue weighted by Gasteiger charge is -2.35. The van der Waals surface area contributed by atoms with E-state index in [4.69, 9.17) is 0 Å². The normalized spacial score (nSPS) is 24.2. The van der Waals surface area contributed by atoms with Gasteiger partial charge in [-0.2, -0.15) is 0 Å². The highest BCUT2D eigenvalue weighted by atomic mass is 16.2. The molecule has 0 spiro atoms. The number of nitrogens with zero attached hydrogens (tertiary/aromatic N) is 2. The van der Waals surface area contributed by atoms with E-state index < -0.39 is 0 Å². The first-order chi connectivity index (χ1) is 11.2. The summed E-state index contributed by atoms with van der Waals surface area (Å²) in [6.45, 7) is 4.01. The number of piperidine rings is 1. The number of carbonyl (C=O) groups is 2. The van der Waals surface area contributed by atoms with E-state index in [2.05, 4.69) is 10.2 Å². The summed E-state index contributed by atoms with van der Waals surface area (Å²) in [5, 5.41) is 3.41. The maximum atomic E-state index is 12.5. The molecule has 2 aliphatic heterocycles. The van der Waals surface area contributed by atoms with Crippen LogP contribution in [0, 0.1) is 5.92 Å². The van der Waals surface area contributed by atoms with Crippen LogP contribution in [0.3, 0.4) is 0 Å². The van der Waals surface area contributed by atoms with Crippen LogP contribution in [0.5, 0.6) is 0 Å². The van der Waals surface area contributed by atoms with Crippen molar-refractivity contribution in [2.24, 2.45) is 5.92 Å². The average Bonchev–Trinajstić information content (AvgIpc) is 3.15. The topological polar surface area (TPSA) is 52.7 Å². The maximum absolute atomic E-state index is 12.5. The molecule has 23 heavy (non-hydrogen) atoms. The van der Waals surface area contributed by atoms with Gasteiger partial charge in [0, 0.05) is 38.1 Å². The van der Waals surface area contributed by atoms with Gasteiger partial charge in [-0.25, -0.2) is 0 Å². The second-order valence-electron chi connectivity index (χ2n) is 7.40. The van der Waals surface area contributed by atoms with Gasteiger partial charge in [-0.3, -0.25) is 9.59 Å². The second-order valence-corrected chi connectivity index (χ2v) is 7.40. The lowest BCUT2D eigenvalue weighted by atomic mass is 9.87. The van der Waals surface area contributed by atoms with Crippen molar-refractivity contribution in [3.8, 4) is 0 Å². The summed E-state index contributed by atoms with van der Waals surface area (Å²) >= 11 is 0. The molecule has 1 aliphatic carbocycles. The summed E-state index contributed by atoms with van der Waals surface area (Å²) in [6.07, 6.45) is 10.1. The predicted molar refractivity (Wildman–Crippen MR) is 90.0 cm³/mol. The van der Waals surface area contributed by atoms with E-state index in [9.17, 15) is 9.59 Å². The molecule has 0 aromatic carbocycles. The number of rotatable bonds is 4. The summed E-state index contributed by atoms with van der Waals surface area (Å²) in [7, 11) is 0. The maximum Gasteiger partial charge on any atom is 0.236 e. The molecule has 2 heterocycles. The van der Waals surface area contributed by atoms with E-state index >= 15 is 0 Å². The number of nitrogens with one attached hydrogen (secondary N) is 1. The Balaban J connectivity index is 1.36. The molecule has 1 N–H and O–H groups in total. The Morgan fingerprint density at radius 1 is 0.783 bits per heavy atom. The Labute approximate surface area is 139 Å². The lowest BCUT2D eigenvalue weighted by Crippen LogP contribution is -2.49. The molecule has 0 bridgehead atoms. The molecule has 5 nitrogen and oxygen atoms in total. The van der Waals surface area contributed by atoms with Crippen LogP contribution in [-0.4, -0.2) is 60.4 Å². The fraction of sp³-hybridized carbons (Fsp3) is 0.889. The lowest BCUT2D eigenvalue weighted by molar-refractivity contribution is -0.138. The predicted octanol–water partition coefficient (Wildman–Crippen LogP) is 1.77. The zero-order chi connectivity index (χ0) is 16.1. The Kier molecular flexibility index (Phi) is 5.92. The highest BCUT2D eigenvalue weighted by Gasteiger charge is 2.29. The van der Waals surface area contributed by atoms with Crippen molar-refractivity contribution in [1.29, 1.82) is 0 Å². The monoisotopic (exact) mass is 321 g/mol. The van der Waals surface area contributed by atoms with Gasteiger partial charge in [0.1, 0.15) is 0 Å². The highest BCUT2D eigenvalue weighted by molar-refractivity contribution is 5.79. The molecule has 0 radical (unpaired) electrons. The summed E-state index contributed by atoms with van der Waals surface area (Å²) in [4.78, 5) is 28.6. The molecule has 3 fully saturated rings. The molecule has 0 aromatic rings. The Hall–Kier alpha value is -1.10. The molecular weight excluding hydrogens is 290 g/mol. The number of hydrogen-bond acceptors (Lipinski definition) is 3. The molecule has 3 aliphatic rings. The molecule has 0 atom stereocenters. The van der Waals surface area contributed by atoms with Gasteiger partial charge >= 0.3 is 0 Å². The van der Waals surface area contributed by atoms with Gasteiger partial charge in [-0.15, -0.1) is 0 Å². The summed E-state index contributed by atoms with van der Waals surface area (Å²) in [6, 6.07) is 0.386. The van der Waals surface area contributed by atoms with Crippen molar-refractivity contribution >= 4 is 11.8 Å². The van der Waals surface area contributed by atoms with Gasteiger partial charge in [0.15, 0.2) is 0 Å². The van der Waals surface area contributed by atoms with Gasteiger partial charge in [0.05, 0.1) is 6.54 Å². The van der Waals surface area contributed by atoms with Gasteiger partial charge in [0.2, 0.25) is 11.8 Å². The van der Waals surface area contributed by atoms with Crippen LogP contribution < -0.4 is 5.32 Å². The number of hydrogen-bond donors (Lipinski definition) is 1. The summed E-state index contributed by atoms with van der Waals surface area (Å²) < 4.78 is 0.